The lowest BCUT2D eigenvalue weighted by atomic mass is 10.2. The molecule has 18 heavy (non-hydrogen) atoms. The zero-order valence-corrected chi connectivity index (χ0v) is 10.5. The van der Waals surface area contributed by atoms with Crippen molar-refractivity contribution >= 4 is 28.4 Å². The molecule has 0 fully saturated rings. The molecule has 1 heterocycles. The van der Waals surface area contributed by atoms with Gasteiger partial charge in [-0.1, -0.05) is 23.7 Å². The lowest BCUT2D eigenvalue weighted by Crippen LogP contribution is -1.85. The van der Waals surface area contributed by atoms with Gasteiger partial charge in [-0.2, -0.15) is 0 Å². The first-order valence-corrected chi connectivity index (χ1v) is 5.94. The molecule has 1 aromatic heterocycles. The molecule has 3 rings (SSSR count). The SMILES string of the molecule is Cc1cc(N)cc2nc(-c3ccccc3Cl)oc12. The molecule has 0 unspecified atom stereocenters. The number of rotatable bonds is 1. The number of nitrogen functional groups attached to an aromatic ring is 1. The normalized spacial score (nSPS) is 11.0. The van der Waals surface area contributed by atoms with Crippen LogP contribution in [0.3, 0.4) is 0 Å². The summed E-state index contributed by atoms with van der Waals surface area (Å²) < 4.78 is 5.77. The van der Waals surface area contributed by atoms with Crippen LogP contribution in [0, 0.1) is 6.92 Å². The van der Waals surface area contributed by atoms with Crippen LogP contribution in [0.25, 0.3) is 22.6 Å². The number of hydrogen-bond donors (Lipinski definition) is 1. The summed E-state index contributed by atoms with van der Waals surface area (Å²) in [5, 5.41) is 0.620. The Balaban J connectivity index is 2.26. The molecule has 0 aliphatic rings. The highest BCUT2D eigenvalue weighted by atomic mass is 35.5. The Morgan fingerprint density at radius 2 is 2.00 bits per heavy atom. The van der Waals surface area contributed by atoms with Gasteiger partial charge >= 0.3 is 0 Å². The van der Waals surface area contributed by atoms with Gasteiger partial charge in [0.15, 0.2) is 5.58 Å². The number of aromatic nitrogens is 1. The van der Waals surface area contributed by atoms with Crippen LogP contribution < -0.4 is 5.73 Å². The fourth-order valence-corrected chi connectivity index (χ4v) is 2.19. The summed E-state index contributed by atoms with van der Waals surface area (Å²) in [6.07, 6.45) is 0. The van der Waals surface area contributed by atoms with E-state index in [9.17, 15) is 0 Å². The minimum atomic E-state index is 0.518. The van der Waals surface area contributed by atoms with Gasteiger partial charge in [-0.15, -0.1) is 0 Å². The first-order chi connectivity index (χ1) is 8.65. The van der Waals surface area contributed by atoms with E-state index in [0.29, 0.717) is 16.6 Å². The summed E-state index contributed by atoms with van der Waals surface area (Å²) in [6, 6.07) is 11.1. The molecule has 0 radical (unpaired) electrons. The number of nitrogens with two attached hydrogens (primary N) is 1. The Bertz CT molecular complexity index is 734. The van der Waals surface area contributed by atoms with Crippen molar-refractivity contribution in [2.24, 2.45) is 0 Å². The van der Waals surface area contributed by atoms with Gasteiger partial charge in [-0.05, 0) is 36.8 Å². The summed E-state index contributed by atoms with van der Waals surface area (Å²) in [5.74, 6) is 0.518. The highest BCUT2D eigenvalue weighted by molar-refractivity contribution is 6.33. The number of halogens is 1. The number of aryl methyl sites for hydroxylation is 1. The van der Waals surface area contributed by atoms with Crippen molar-refractivity contribution in [1.82, 2.24) is 4.98 Å². The zero-order valence-electron chi connectivity index (χ0n) is 9.77. The topological polar surface area (TPSA) is 52.0 Å². The highest BCUT2D eigenvalue weighted by Crippen LogP contribution is 2.31. The van der Waals surface area contributed by atoms with E-state index in [0.717, 1.165) is 22.2 Å². The van der Waals surface area contributed by atoms with E-state index in [1.165, 1.54) is 0 Å². The molecule has 0 aliphatic carbocycles. The monoisotopic (exact) mass is 258 g/mol. The first kappa shape index (κ1) is 11.1. The van der Waals surface area contributed by atoms with Gasteiger partial charge in [-0.25, -0.2) is 4.98 Å². The molecule has 0 aliphatic heterocycles. The summed E-state index contributed by atoms with van der Waals surface area (Å²) >= 11 is 6.13. The molecule has 4 heteroatoms. The third-order valence-electron chi connectivity index (χ3n) is 2.80. The van der Waals surface area contributed by atoms with Gasteiger partial charge in [-0.3, -0.25) is 0 Å². The zero-order chi connectivity index (χ0) is 12.7. The summed E-state index contributed by atoms with van der Waals surface area (Å²) in [7, 11) is 0. The van der Waals surface area contributed by atoms with Crippen LogP contribution in [0.15, 0.2) is 40.8 Å². The smallest absolute Gasteiger partial charge is 0.228 e. The summed E-state index contributed by atoms with van der Waals surface area (Å²) in [4.78, 5) is 4.43. The summed E-state index contributed by atoms with van der Waals surface area (Å²) in [6.45, 7) is 1.94. The second-order valence-corrected chi connectivity index (χ2v) is 4.59. The Morgan fingerprint density at radius 1 is 1.22 bits per heavy atom. The number of oxazole rings is 1. The Kier molecular flexibility index (Phi) is 2.49. The van der Waals surface area contributed by atoms with Crippen molar-refractivity contribution in [3.63, 3.8) is 0 Å². The number of hydrogen-bond acceptors (Lipinski definition) is 3. The molecule has 0 bridgehead atoms. The molecular weight excluding hydrogens is 248 g/mol. The number of nitrogens with zero attached hydrogens (tertiary/aromatic N) is 1. The van der Waals surface area contributed by atoms with E-state index in [2.05, 4.69) is 4.98 Å². The molecule has 0 amide bonds. The van der Waals surface area contributed by atoms with Crippen LogP contribution in [-0.2, 0) is 0 Å². The molecule has 0 atom stereocenters. The number of benzene rings is 2. The summed E-state index contributed by atoms with van der Waals surface area (Å²) in [5.41, 5.74) is 9.73. The Morgan fingerprint density at radius 3 is 2.78 bits per heavy atom. The fraction of sp³-hybridized carbons (Fsp3) is 0.0714. The van der Waals surface area contributed by atoms with Crippen LogP contribution in [0.4, 0.5) is 5.69 Å². The average molecular weight is 259 g/mol. The van der Waals surface area contributed by atoms with Crippen LogP contribution in [0.5, 0.6) is 0 Å². The van der Waals surface area contributed by atoms with Crippen LogP contribution in [0.2, 0.25) is 5.02 Å². The minimum absolute atomic E-state index is 0.518. The second kappa shape index (κ2) is 4.03. The lowest BCUT2D eigenvalue weighted by molar-refractivity contribution is 0.617. The average Bonchev–Trinajstić information content (AvgIpc) is 2.73. The van der Waals surface area contributed by atoms with Gasteiger partial charge in [0, 0.05) is 5.69 Å². The van der Waals surface area contributed by atoms with Crippen LogP contribution in [0.1, 0.15) is 5.56 Å². The van der Waals surface area contributed by atoms with Crippen molar-refractivity contribution in [3.05, 3.63) is 47.0 Å². The molecule has 0 saturated carbocycles. The Hall–Kier alpha value is -2.00. The van der Waals surface area contributed by atoms with E-state index in [1.807, 2.05) is 37.3 Å². The third kappa shape index (κ3) is 1.73. The largest absolute Gasteiger partial charge is 0.436 e. The molecule has 0 spiro atoms. The standard InChI is InChI=1S/C14H11ClN2O/c1-8-6-9(16)7-12-13(8)18-14(17-12)10-4-2-3-5-11(10)15/h2-7H,16H2,1H3. The van der Waals surface area contributed by atoms with Gasteiger partial charge in [0.1, 0.15) is 5.52 Å². The molecule has 0 saturated heterocycles. The fourth-order valence-electron chi connectivity index (χ4n) is 1.98. The van der Waals surface area contributed by atoms with E-state index in [1.54, 1.807) is 6.07 Å². The highest BCUT2D eigenvalue weighted by Gasteiger charge is 2.12. The van der Waals surface area contributed by atoms with Crippen LogP contribution >= 0.6 is 11.6 Å². The molecular formula is C14H11ClN2O. The lowest BCUT2D eigenvalue weighted by Gasteiger charge is -1.97. The molecule has 2 aromatic carbocycles. The number of fused-ring (bicyclic) bond motifs is 1. The maximum Gasteiger partial charge on any atom is 0.228 e. The molecule has 2 N–H and O–H groups in total. The van der Waals surface area contributed by atoms with E-state index < -0.39 is 0 Å². The van der Waals surface area contributed by atoms with E-state index in [-0.39, 0.29) is 0 Å². The maximum absolute atomic E-state index is 6.13. The molecule has 3 aromatic rings. The van der Waals surface area contributed by atoms with Gasteiger partial charge < -0.3 is 10.2 Å². The van der Waals surface area contributed by atoms with Gasteiger partial charge in [0.05, 0.1) is 10.6 Å². The van der Waals surface area contributed by atoms with E-state index in [4.69, 9.17) is 21.8 Å². The quantitative estimate of drug-likeness (QED) is 0.670. The van der Waals surface area contributed by atoms with Gasteiger partial charge in [0.2, 0.25) is 5.89 Å². The van der Waals surface area contributed by atoms with E-state index >= 15 is 0 Å². The first-order valence-electron chi connectivity index (χ1n) is 5.57. The predicted molar refractivity (Wildman–Crippen MR) is 73.6 cm³/mol. The maximum atomic E-state index is 6.13. The van der Waals surface area contributed by atoms with Crippen molar-refractivity contribution in [1.29, 1.82) is 0 Å². The van der Waals surface area contributed by atoms with Gasteiger partial charge in [0.25, 0.3) is 0 Å². The predicted octanol–water partition coefficient (Wildman–Crippen LogP) is 4.04. The minimum Gasteiger partial charge on any atom is -0.436 e. The van der Waals surface area contributed by atoms with Crippen molar-refractivity contribution < 1.29 is 4.42 Å². The molecule has 3 nitrogen and oxygen atoms in total. The third-order valence-corrected chi connectivity index (χ3v) is 3.13. The second-order valence-electron chi connectivity index (χ2n) is 4.18. The van der Waals surface area contributed by atoms with Crippen molar-refractivity contribution in [2.75, 3.05) is 5.73 Å². The van der Waals surface area contributed by atoms with Crippen molar-refractivity contribution in [3.8, 4) is 11.5 Å². The molecule has 90 valence electrons. The Labute approximate surface area is 109 Å². The van der Waals surface area contributed by atoms with Crippen molar-refractivity contribution in [2.45, 2.75) is 6.92 Å². The van der Waals surface area contributed by atoms with Crippen LogP contribution in [-0.4, -0.2) is 4.98 Å². The number of anilines is 1.